The number of benzene rings is 2. The van der Waals surface area contributed by atoms with Crippen molar-refractivity contribution in [2.75, 3.05) is 6.61 Å². The summed E-state index contributed by atoms with van der Waals surface area (Å²) in [5, 5.41) is 8.31. The van der Waals surface area contributed by atoms with Crippen LogP contribution in [-0.2, 0) is 30.9 Å². The van der Waals surface area contributed by atoms with E-state index in [0.717, 1.165) is 0 Å². The van der Waals surface area contributed by atoms with Crippen LogP contribution in [-0.4, -0.2) is 26.9 Å². The number of carbonyl (C=O) groups excluding carboxylic acids is 2. The van der Waals surface area contributed by atoms with Crippen molar-refractivity contribution in [2.24, 2.45) is 5.14 Å². The van der Waals surface area contributed by atoms with Crippen LogP contribution < -0.4 is 10.5 Å². The molecule has 0 aliphatic heterocycles. The Hall–Kier alpha value is -2.39. The zero-order valence-corrected chi connectivity index (χ0v) is 16.7. The average molecular weight is 443 g/mol. The van der Waals surface area contributed by atoms with Crippen molar-refractivity contribution in [3.8, 4) is 0 Å². The molecule has 0 saturated heterocycles. The number of primary sulfonamides is 1. The van der Waals surface area contributed by atoms with E-state index in [1.807, 2.05) is 0 Å². The van der Waals surface area contributed by atoms with Crippen LogP contribution in [0, 0.1) is 0 Å². The topological polar surface area (TPSA) is 116 Å². The minimum Gasteiger partial charge on any atom is -0.452 e. The van der Waals surface area contributed by atoms with E-state index in [0.29, 0.717) is 21.2 Å². The van der Waals surface area contributed by atoms with E-state index in [4.69, 9.17) is 33.1 Å². The highest BCUT2D eigenvalue weighted by Crippen LogP contribution is 2.23. The second-order valence-corrected chi connectivity index (χ2v) is 7.96. The molecule has 0 atom stereocenters. The smallest absolute Gasteiger partial charge is 0.331 e. The normalized spacial score (nSPS) is 11.4. The summed E-state index contributed by atoms with van der Waals surface area (Å²) in [7, 11) is -3.76. The molecule has 0 heterocycles. The first kappa shape index (κ1) is 21.9. The van der Waals surface area contributed by atoms with Gasteiger partial charge in [-0.15, -0.1) is 0 Å². The Balaban J connectivity index is 1.77. The van der Waals surface area contributed by atoms with Gasteiger partial charge in [0, 0.05) is 12.6 Å². The van der Waals surface area contributed by atoms with Gasteiger partial charge in [0.05, 0.1) is 14.9 Å². The molecule has 0 saturated carbocycles. The summed E-state index contributed by atoms with van der Waals surface area (Å²) in [5.74, 6) is -1.20. The maximum atomic E-state index is 11.7. The number of hydrogen-bond acceptors (Lipinski definition) is 5. The van der Waals surface area contributed by atoms with Crippen LogP contribution >= 0.6 is 23.2 Å². The predicted octanol–water partition coefficient (Wildman–Crippen LogP) is 2.51. The van der Waals surface area contributed by atoms with Crippen LogP contribution in [0.4, 0.5) is 0 Å². The molecule has 7 nitrogen and oxygen atoms in total. The molecule has 0 spiro atoms. The summed E-state index contributed by atoms with van der Waals surface area (Å²) in [6.07, 6.45) is 2.65. The summed E-state index contributed by atoms with van der Waals surface area (Å²) in [6, 6.07) is 10.6. The van der Waals surface area contributed by atoms with Gasteiger partial charge in [0.2, 0.25) is 10.0 Å². The number of amides is 1. The van der Waals surface area contributed by atoms with Crippen LogP contribution in [0.3, 0.4) is 0 Å². The Kier molecular flexibility index (Phi) is 7.59. The van der Waals surface area contributed by atoms with Gasteiger partial charge in [-0.1, -0.05) is 41.4 Å². The molecule has 2 aromatic rings. The first-order chi connectivity index (χ1) is 13.1. The van der Waals surface area contributed by atoms with Gasteiger partial charge < -0.3 is 10.1 Å². The number of carbonyl (C=O) groups is 2. The molecule has 2 aromatic carbocycles. The highest BCUT2D eigenvalue weighted by Gasteiger charge is 2.08. The monoisotopic (exact) mass is 442 g/mol. The van der Waals surface area contributed by atoms with Crippen molar-refractivity contribution in [3.63, 3.8) is 0 Å². The first-order valence-corrected chi connectivity index (χ1v) is 10.1. The van der Waals surface area contributed by atoms with Crippen LogP contribution in [0.15, 0.2) is 53.4 Å². The highest BCUT2D eigenvalue weighted by atomic mass is 35.5. The van der Waals surface area contributed by atoms with Crippen LogP contribution in [0.1, 0.15) is 11.1 Å². The Labute approximate surface area is 172 Å². The molecule has 0 radical (unpaired) electrons. The van der Waals surface area contributed by atoms with E-state index < -0.39 is 28.5 Å². The summed E-state index contributed by atoms with van der Waals surface area (Å²) in [4.78, 5) is 23.4. The molecule has 28 heavy (non-hydrogen) atoms. The lowest BCUT2D eigenvalue weighted by molar-refractivity contribution is -0.143. The number of hydrogen-bond donors (Lipinski definition) is 2. The number of halogens is 2. The minimum absolute atomic E-state index is 0.0229. The number of nitrogens with two attached hydrogens (primary N) is 1. The van der Waals surface area contributed by atoms with Gasteiger partial charge in [0.25, 0.3) is 5.91 Å². The van der Waals surface area contributed by atoms with E-state index in [9.17, 15) is 18.0 Å². The van der Waals surface area contributed by atoms with E-state index in [1.54, 1.807) is 18.2 Å². The van der Waals surface area contributed by atoms with Gasteiger partial charge in [-0.05, 0) is 41.5 Å². The van der Waals surface area contributed by atoms with Gasteiger partial charge in [-0.25, -0.2) is 18.4 Å². The van der Waals surface area contributed by atoms with Gasteiger partial charge in [0.1, 0.15) is 0 Å². The molecule has 0 fully saturated rings. The van der Waals surface area contributed by atoms with E-state index in [2.05, 4.69) is 5.32 Å². The third kappa shape index (κ3) is 6.97. The zero-order chi connectivity index (χ0) is 20.7. The van der Waals surface area contributed by atoms with Gasteiger partial charge in [-0.3, -0.25) is 4.79 Å². The third-order valence-corrected chi connectivity index (χ3v) is 5.11. The Morgan fingerprint density at radius 1 is 1.07 bits per heavy atom. The Bertz CT molecular complexity index is 1010. The highest BCUT2D eigenvalue weighted by molar-refractivity contribution is 7.89. The Morgan fingerprint density at radius 2 is 1.75 bits per heavy atom. The molecule has 2 rings (SSSR count). The van der Waals surface area contributed by atoms with Crippen LogP contribution in [0.2, 0.25) is 10.0 Å². The van der Waals surface area contributed by atoms with Crippen molar-refractivity contribution < 1.29 is 22.7 Å². The first-order valence-electron chi connectivity index (χ1n) is 7.83. The average Bonchev–Trinajstić information content (AvgIpc) is 2.65. The second-order valence-electron chi connectivity index (χ2n) is 5.58. The molecule has 0 aliphatic rings. The molecule has 0 unspecified atom stereocenters. The number of sulfonamides is 1. The molecular weight excluding hydrogens is 427 g/mol. The maximum absolute atomic E-state index is 11.7. The third-order valence-electron chi connectivity index (χ3n) is 3.44. The predicted molar refractivity (Wildman–Crippen MR) is 106 cm³/mol. The van der Waals surface area contributed by atoms with Crippen molar-refractivity contribution in [2.45, 2.75) is 11.4 Å². The quantitative estimate of drug-likeness (QED) is 0.504. The van der Waals surface area contributed by atoms with Crippen molar-refractivity contribution in [1.82, 2.24) is 5.32 Å². The minimum atomic E-state index is -3.76. The fourth-order valence-electron chi connectivity index (χ4n) is 2.01. The number of rotatable bonds is 7. The van der Waals surface area contributed by atoms with Crippen LogP contribution in [0.5, 0.6) is 0 Å². The number of ether oxygens (including phenoxy) is 1. The fraction of sp³-hybridized carbons (Fsp3) is 0.111. The van der Waals surface area contributed by atoms with Crippen molar-refractivity contribution in [3.05, 3.63) is 69.7 Å². The summed E-state index contributed by atoms with van der Waals surface area (Å²) in [6.45, 7) is -0.319. The van der Waals surface area contributed by atoms with E-state index in [-0.39, 0.29) is 11.4 Å². The molecule has 0 bridgehead atoms. The van der Waals surface area contributed by atoms with Crippen molar-refractivity contribution in [1.29, 1.82) is 0 Å². The molecule has 1 amide bonds. The SMILES string of the molecule is NS(=O)(=O)c1ccc(CNC(=O)COC(=O)/C=C/c2ccc(Cl)c(Cl)c2)cc1. The zero-order valence-electron chi connectivity index (χ0n) is 14.4. The standard InChI is InChI=1S/C18H16Cl2N2O5S/c19-15-7-3-12(9-16(15)20)4-8-18(24)27-11-17(23)22-10-13-1-5-14(6-2-13)28(21,25)26/h1-9H,10-11H2,(H,22,23)(H2,21,25,26)/b8-4+. The summed E-state index contributed by atoms with van der Waals surface area (Å²) in [5.41, 5.74) is 1.31. The lowest BCUT2D eigenvalue weighted by Crippen LogP contribution is -2.28. The maximum Gasteiger partial charge on any atom is 0.331 e. The fourth-order valence-corrected chi connectivity index (χ4v) is 2.84. The van der Waals surface area contributed by atoms with Gasteiger partial charge >= 0.3 is 5.97 Å². The molecule has 10 heteroatoms. The lowest BCUT2D eigenvalue weighted by Gasteiger charge is -2.06. The molecule has 3 N–H and O–H groups in total. The molecular formula is C18H16Cl2N2O5S. The Morgan fingerprint density at radius 3 is 2.36 bits per heavy atom. The lowest BCUT2D eigenvalue weighted by atomic mass is 10.2. The van der Waals surface area contributed by atoms with Crippen molar-refractivity contribution >= 4 is 51.2 Å². The van der Waals surface area contributed by atoms with E-state index in [1.165, 1.54) is 36.4 Å². The van der Waals surface area contributed by atoms with Crippen LogP contribution in [0.25, 0.3) is 6.08 Å². The molecule has 0 aromatic heterocycles. The largest absolute Gasteiger partial charge is 0.452 e. The van der Waals surface area contributed by atoms with Gasteiger partial charge in [0.15, 0.2) is 6.61 Å². The summed E-state index contributed by atoms with van der Waals surface area (Å²) >= 11 is 11.7. The van der Waals surface area contributed by atoms with Gasteiger partial charge in [-0.2, -0.15) is 0 Å². The second kappa shape index (κ2) is 9.70. The number of esters is 1. The van der Waals surface area contributed by atoms with E-state index >= 15 is 0 Å². The number of nitrogens with one attached hydrogen (secondary N) is 1. The molecule has 148 valence electrons. The summed E-state index contributed by atoms with van der Waals surface area (Å²) < 4.78 is 27.2. The molecule has 0 aliphatic carbocycles.